The summed E-state index contributed by atoms with van der Waals surface area (Å²) in [5, 5.41) is 3.91. The van der Waals surface area contributed by atoms with Crippen LogP contribution < -0.4 is 5.32 Å². The largest absolute Gasteiger partial charge is 0.374 e. The SMILES string of the molecule is CC1CCC(CN2CC3(CCCC3)NCC2C(C)C)O1. The molecule has 2 saturated heterocycles. The summed E-state index contributed by atoms with van der Waals surface area (Å²) in [6, 6.07) is 0.681. The number of ether oxygens (including phenoxy) is 1. The van der Waals surface area contributed by atoms with Gasteiger partial charge in [0.05, 0.1) is 12.2 Å². The predicted octanol–water partition coefficient (Wildman–Crippen LogP) is 2.80. The molecule has 2 aliphatic heterocycles. The Morgan fingerprint density at radius 1 is 1.25 bits per heavy atom. The molecule has 3 fully saturated rings. The Morgan fingerprint density at radius 2 is 2.00 bits per heavy atom. The number of hydrogen-bond acceptors (Lipinski definition) is 3. The Balaban J connectivity index is 1.65. The molecule has 0 aromatic carbocycles. The van der Waals surface area contributed by atoms with Crippen molar-refractivity contribution in [3.63, 3.8) is 0 Å². The summed E-state index contributed by atoms with van der Waals surface area (Å²) in [6.07, 6.45) is 9.00. The van der Waals surface area contributed by atoms with Crippen LogP contribution in [0.25, 0.3) is 0 Å². The average molecular weight is 280 g/mol. The first-order valence-corrected chi connectivity index (χ1v) is 8.72. The standard InChI is InChI=1S/C17H32N2O/c1-13(2)16-10-18-17(8-4-5-9-17)12-19(16)11-15-7-6-14(3)20-15/h13-16,18H,4-12H2,1-3H3. The fourth-order valence-corrected chi connectivity index (χ4v) is 4.54. The van der Waals surface area contributed by atoms with E-state index in [1.165, 1.54) is 51.6 Å². The van der Waals surface area contributed by atoms with Crippen molar-refractivity contribution in [2.24, 2.45) is 5.92 Å². The van der Waals surface area contributed by atoms with E-state index >= 15 is 0 Å². The smallest absolute Gasteiger partial charge is 0.0706 e. The molecule has 1 aliphatic carbocycles. The molecule has 3 heteroatoms. The Hall–Kier alpha value is -0.120. The van der Waals surface area contributed by atoms with Crippen LogP contribution in [0.15, 0.2) is 0 Å². The molecule has 116 valence electrons. The van der Waals surface area contributed by atoms with Crippen LogP contribution in [-0.4, -0.2) is 48.3 Å². The van der Waals surface area contributed by atoms with Crippen molar-refractivity contribution in [1.82, 2.24) is 10.2 Å². The second kappa shape index (κ2) is 5.94. The zero-order valence-electron chi connectivity index (χ0n) is 13.5. The minimum atomic E-state index is 0.426. The topological polar surface area (TPSA) is 24.5 Å². The van der Waals surface area contributed by atoms with E-state index in [0.717, 1.165) is 12.5 Å². The van der Waals surface area contributed by atoms with Gasteiger partial charge in [0, 0.05) is 31.2 Å². The van der Waals surface area contributed by atoms with Gasteiger partial charge in [-0.1, -0.05) is 26.7 Å². The minimum Gasteiger partial charge on any atom is -0.374 e. The van der Waals surface area contributed by atoms with Crippen molar-refractivity contribution in [1.29, 1.82) is 0 Å². The maximum atomic E-state index is 6.08. The molecule has 0 aromatic rings. The molecule has 0 aromatic heterocycles. The molecule has 3 aliphatic rings. The lowest BCUT2D eigenvalue weighted by molar-refractivity contribution is -0.0105. The molecule has 1 spiro atoms. The molecule has 2 heterocycles. The highest BCUT2D eigenvalue weighted by atomic mass is 16.5. The minimum absolute atomic E-state index is 0.426. The van der Waals surface area contributed by atoms with Crippen molar-refractivity contribution in [3.05, 3.63) is 0 Å². The van der Waals surface area contributed by atoms with E-state index in [0.29, 0.717) is 23.8 Å². The fraction of sp³-hybridized carbons (Fsp3) is 1.00. The van der Waals surface area contributed by atoms with Crippen LogP contribution in [0.3, 0.4) is 0 Å². The Kier molecular flexibility index (Phi) is 4.40. The van der Waals surface area contributed by atoms with Crippen LogP contribution in [0.2, 0.25) is 0 Å². The van der Waals surface area contributed by atoms with Crippen molar-refractivity contribution >= 4 is 0 Å². The average Bonchev–Trinajstić information content (AvgIpc) is 2.99. The van der Waals surface area contributed by atoms with Gasteiger partial charge in [-0.25, -0.2) is 0 Å². The number of rotatable bonds is 3. The third-order valence-electron chi connectivity index (χ3n) is 5.75. The maximum Gasteiger partial charge on any atom is 0.0706 e. The van der Waals surface area contributed by atoms with Gasteiger partial charge < -0.3 is 10.1 Å². The molecule has 3 rings (SSSR count). The van der Waals surface area contributed by atoms with Gasteiger partial charge in [-0.2, -0.15) is 0 Å². The first kappa shape index (κ1) is 14.8. The van der Waals surface area contributed by atoms with Gasteiger partial charge in [-0.3, -0.25) is 4.90 Å². The maximum absolute atomic E-state index is 6.08. The van der Waals surface area contributed by atoms with E-state index < -0.39 is 0 Å². The van der Waals surface area contributed by atoms with Crippen LogP contribution in [-0.2, 0) is 4.74 Å². The summed E-state index contributed by atoms with van der Waals surface area (Å²) >= 11 is 0. The van der Waals surface area contributed by atoms with Crippen LogP contribution >= 0.6 is 0 Å². The molecular formula is C17H32N2O. The highest BCUT2D eigenvalue weighted by Crippen LogP contribution is 2.35. The van der Waals surface area contributed by atoms with Gasteiger partial charge in [0.1, 0.15) is 0 Å². The Morgan fingerprint density at radius 3 is 2.60 bits per heavy atom. The second-order valence-electron chi connectivity index (χ2n) is 7.76. The van der Waals surface area contributed by atoms with E-state index in [2.05, 4.69) is 31.0 Å². The molecule has 20 heavy (non-hydrogen) atoms. The zero-order chi connectivity index (χ0) is 14.2. The van der Waals surface area contributed by atoms with Crippen LogP contribution in [0.1, 0.15) is 59.3 Å². The molecule has 0 radical (unpaired) electrons. The van der Waals surface area contributed by atoms with Crippen LogP contribution in [0.5, 0.6) is 0 Å². The van der Waals surface area contributed by atoms with E-state index in [4.69, 9.17) is 4.74 Å². The number of piperazine rings is 1. The summed E-state index contributed by atoms with van der Waals surface area (Å²) in [4.78, 5) is 2.76. The van der Waals surface area contributed by atoms with Gasteiger partial charge in [0.2, 0.25) is 0 Å². The van der Waals surface area contributed by atoms with Gasteiger partial charge in [-0.05, 0) is 38.5 Å². The van der Waals surface area contributed by atoms with Gasteiger partial charge in [0.25, 0.3) is 0 Å². The van der Waals surface area contributed by atoms with Crippen LogP contribution in [0, 0.1) is 5.92 Å². The van der Waals surface area contributed by atoms with Gasteiger partial charge >= 0.3 is 0 Å². The Bertz CT molecular complexity index is 325. The Labute approximate surface area is 124 Å². The quantitative estimate of drug-likeness (QED) is 0.860. The number of hydrogen-bond donors (Lipinski definition) is 1. The predicted molar refractivity (Wildman–Crippen MR) is 83.0 cm³/mol. The zero-order valence-corrected chi connectivity index (χ0v) is 13.5. The lowest BCUT2D eigenvalue weighted by Gasteiger charge is -2.48. The van der Waals surface area contributed by atoms with E-state index in [1.807, 2.05) is 0 Å². The molecule has 3 atom stereocenters. The van der Waals surface area contributed by atoms with E-state index in [-0.39, 0.29) is 0 Å². The van der Waals surface area contributed by atoms with Crippen molar-refractivity contribution < 1.29 is 4.74 Å². The lowest BCUT2D eigenvalue weighted by atomic mass is 9.88. The number of nitrogens with one attached hydrogen (secondary N) is 1. The molecule has 1 saturated carbocycles. The summed E-state index contributed by atoms with van der Waals surface area (Å²) < 4.78 is 6.08. The van der Waals surface area contributed by atoms with Gasteiger partial charge in [0.15, 0.2) is 0 Å². The second-order valence-corrected chi connectivity index (χ2v) is 7.76. The molecule has 0 amide bonds. The fourth-order valence-electron chi connectivity index (χ4n) is 4.54. The number of nitrogens with zero attached hydrogens (tertiary/aromatic N) is 1. The van der Waals surface area contributed by atoms with Gasteiger partial charge in [-0.15, -0.1) is 0 Å². The normalized spacial score (nSPS) is 38.1. The van der Waals surface area contributed by atoms with E-state index in [9.17, 15) is 0 Å². The summed E-state index contributed by atoms with van der Waals surface area (Å²) in [5.41, 5.74) is 0.426. The monoisotopic (exact) mass is 280 g/mol. The highest BCUT2D eigenvalue weighted by molar-refractivity contribution is 5.02. The van der Waals surface area contributed by atoms with E-state index in [1.54, 1.807) is 0 Å². The van der Waals surface area contributed by atoms with Crippen molar-refractivity contribution in [2.45, 2.75) is 83.1 Å². The lowest BCUT2D eigenvalue weighted by Crippen LogP contribution is -2.65. The molecule has 3 nitrogen and oxygen atoms in total. The molecule has 1 N–H and O–H groups in total. The molecule has 3 unspecified atom stereocenters. The summed E-state index contributed by atoms with van der Waals surface area (Å²) in [6.45, 7) is 10.5. The van der Waals surface area contributed by atoms with Crippen LogP contribution in [0.4, 0.5) is 0 Å². The summed E-state index contributed by atoms with van der Waals surface area (Å²) in [7, 11) is 0. The van der Waals surface area contributed by atoms with Crippen molar-refractivity contribution in [3.8, 4) is 0 Å². The third kappa shape index (κ3) is 3.05. The first-order valence-electron chi connectivity index (χ1n) is 8.72. The third-order valence-corrected chi connectivity index (χ3v) is 5.75. The van der Waals surface area contributed by atoms with Crippen molar-refractivity contribution in [2.75, 3.05) is 19.6 Å². The first-order chi connectivity index (χ1) is 9.58. The highest BCUT2D eigenvalue weighted by Gasteiger charge is 2.42. The molecule has 0 bridgehead atoms. The molecular weight excluding hydrogens is 248 g/mol. The summed E-state index contributed by atoms with van der Waals surface area (Å²) in [5.74, 6) is 0.722.